The summed E-state index contributed by atoms with van der Waals surface area (Å²) in [5, 5.41) is 5.86. The Kier molecular flexibility index (Phi) is 9.41. The van der Waals surface area contributed by atoms with Gasteiger partial charge in [0.05, 0.1) is 0 Å². The summed E-state index contributed by atoms with van der Waals surface area (Å²) < 4.78 is 13.8. The van der Waals surface area contributed by atoms with Crippen molar-refractivity contribution < 1.29 is 18.8 Å². The average molecular weight is 531 g/mol. The molecule has 1 atom stereocenters. The van der Waals surface area contributed by atoms with Crippen molar-refractivity contribution >= 4 is 29.2 Å². The molecule has 3 amide bonds. The second-order valence-electron chi connectivity index (χ2n) is 10.1. The van der Waals surface area contributed by atoms with E-state index in [4.69, 9.17) is 0 Å². The molecule has 1 fully saturated rings. The van der Waals surface area contributed by atoms with E-state index in [1.54, 1.807) is 36.5 Å². The Morgan fingerprint density at radius 1 is 0.974 bits per heavy atom. The van der Waals surface area contributed by atoms with Gasteiger partial charge in [-0.15, -0.1) is 0 Å². The van der Waals surface area contributed by atoms with Crippen LogP contribution in [0.2, 0.25) is 0 Å². The van der Waals surface area contributed by atoms with Crippen molar-refractivity contribution in [1.82, 2.24) is 10.3 Å². The number of benzene rings is 2. The molecule has 0 radical (unpaired) electrons. The molecule has 0 saturated heterocycles. The number of nitrogens with one attached hydrogen (secondary N) is 2. The zero-order valence-electron chi connectivity index (χ0n) is 22.5. The van der Waals surface area contributed by atoms with Gasteiger partial charge in [0.2, 0.25) is 17.7 Å². The molecule has 1 aliphatic carbocycles. The zero-order chi connectivity index (χ0) is 27.8. The highest BCUT2D eigenvalue weighted by Crippen LogP contribution is 2.31. The Balaban J connectivity index is 1.59. The number of carbonyl (C=O) groups excluding carboxylic acids is 3. The van der Waals surface area contributed by atoms with Crippen LogP contribution in [-0.4, -0.2) is 28.7 Å². The molecule has 0 aliphatic heterocycles. The number of hydrogen-bond acceptors (Lipinski definition) is 4. The molecule has 0 bridgehead atoms. The van der Waals surface area contributed by atoms with Crippen LogP contribution in [0.3, 0.4) is 0 Å². The lowest BCUT2D eigenvalue weighted by Gasteiger charge is -2.33. The minimum Gasteiger partial charge on any atom is -0.351 e. The number of carbonyl (C=O) groups is 3. The number of pyridine rings is 1. The molecule has 3 aromatic rings. The smallest absolute Gasteiger partial charge is 0.248 e. The third-order valence-corrected chi connectivity index (χ3v) is 7.16. The van der Waals surface area contributed by atoms with E-state index in [9.17, 15) is 18.8 Å². The number of anilines is 2. The molecule has 4 rings (SSSR count). The van der Waals surface area contributed by atoms with Crippen LogP contribution in [-0.2, 0) is 14.4 Å². The number of nitrogens with zero attached hydrogens (tertiary/aromatic N) is 2. The van der Waals surface area contributed by atoms with E-state index >= 15 is 0 Å². The predicted octanol–water partition coefficient (Wildman–Crippen LogP) is 5.78. The minimum absolute atomic E-state index is 0.0486. The number of halogens is 1. The molecule has 7 nitrogen and oxygen atoms in total. The van der Waals surface area contributed by atoms with Gasteiger partial charge in [0.1, 0.15) is 17.7 Å². The van der Waals surface area contributed by atoms with Crippen LogP contribution in [0.5, 0.6) is 0 Å². The first-order valence-corrected chi connectivity index (χ1v) is 13.5. The Labute approximate surface area is 228 Å². The predicted molar refractivity (Wildman–Crippen MR) is 150 cm³/mol. The normalized spacial score (nSPS) is 14.0. The van der Waals surface area contributed by atoms with Gasteiger partial charge in [-0.2, -0.15) is 0 Å². The molecular weight excluding hydrogens is 495 g/mol. The third kappa shape index (κ3) is 7.50. The fraction of sp³-hybridized carbons (Fsp3) is 0.355. The van der Waals surface area contributed by atoms with E-state index < -0.39 is 11.9 Å². The largest absolute Gasteiger partial charge is 0.351 e. The highest BCUT2D eigenvalue weighted by atomic mass is 19.1. The van der Waals surface area contributed by atoms with Crippen molar-refractivity contribution in [2.45, 2.75) is 70.9 Å². The number of hydrogen-bond donors (Lipinski definition) is 2. The first kappa shape index (κ1) is 28.0. The van der Waals surface area contributed by atoms with Crippen LogP contribution < -0.4 is 15.5 Å². The number of rotatable bonds is 10. The molecule has 8 heteroatoms. The molecule has 1 aliphatic rings. The fourth-order valence-electron chi connectivity index (χ4n) is 4.89. The van der Waals surface area contributed by atoms with E-state index in [1.807, 2.05) is 32.0 Å². The SMILES string of the molecule is Cc1ccc(N(C(=O)CCCC(=O)Nc2ccccn2)[C@H](C(=O)NC2CCCC2)c2ccc(F)cc2)cc1C. The summed E-state index contributed by atoms with van der Waals surface area (Å²) in [4.78, 5) is 45.6. The van der Waals surface area contributed by atoms with E-state index in [0.717, 1.165) is 36.8 Å². The summed E-state index contributed by atoms with van der Waals surface area (Å²) in [6.45, 7) is 3.94. The van der Waals surface area contributed by atoms with Crippen molar-refractivity contribution in [3.8, 4) is 0 Å². The first-order valence-electron chi connectivity index (χ1n) is 13.5. The zero-order valence-corrected chi connectivity index (χ0v) is 22.5. The molecule has 2 N–H and O–H groups in total. The standard InChI is InChI=1S/C31H35FN4O3/c1-21-13-18-26(20-22(21)2)36(29(38)12-7-11-28(37)35-27-10-5-6-19-33-27)30(23-14-16-24(32)17-15-23)31(39)34-25-8-3-4-9-25/h5-6,10,13-20,25,30H,3-4,7-9,11-12H2,1-2H3,(H,34,39)(H,33,35,37)/t30-/m0/s1. The van der Waals surface area contributed by atoms with Crippen molar-refractivity contribution in [3.63, 3.8) is 0 Å². The Hall–Kier alpha value is -4.07. The van der Waals surface area contributed by atoms with Crippen molar-refractivity contribution in [2.24, 2.45) is 0 Å². The van der Waals surface area contributed by atoms with Gasteiger partial charge < -0.3 is 10.6 Å². The Bertz CT molecular complexity index is 1290. The van der Waals surface area contributed by atoms with Crippen molar-refractivity contribution in [3.05, 3.63) is 89.4 Å². The van der Waals surface area contributed by atoms with Gasteiger partial charge in [-0.1, -0.05) is 37.1 Å². The maximum Gasteiger partial charge on any atom is 0.248 e. The first-order chi connectivity index (χ1) is 18.8. The second-order valence-corrected chi connectivity index (χ2v) is 10.1. The lowest BCUT2D eigenvalue weighted by molar-refractivity contribution is -0.127. The van der Waals surface area contributed by atoms with Gasteiger partial charge in [0.25, 0.3) is 0 Å². The molecule has 39 heavy (non-hydrogen) atoms. The molecule has 204 valence electrons. The summed E-state index contributed by atoms with van der Waals surface area (Å²) in [6, 6.07) is 15.6. The monoisotopic (exact) mass is 530 g/mol. The van der Waals surface area contributed by atoms with Gasteiger partial charge >= 0.3 is 0 Å². The van der Waals surface area contributed by atoms with E-state index in [0.29, 0.717) is 23.5 Å². The van der Waals surface area contributed by atoms with Crippen molar-refractivity contribution in [1.29, 1.82) is 0 Å². The Morgan fingerprint density at radius 2 is 1.72 bits per heavy atom. The van der Waals surface area contributed by atoms with Crippen LogP contribution in [0.15, 0.2) is 66.9 Å². The maximum atomic E-state index is 13.8. The summed E-state index contributed by atoms with van der Waals surface area (Å²) in [5.41, 5.74) is 3.14. The molecule has 1 saturated carbocycles. The molecule has 0 spiro atoms. The molecule has 1 heterocycles. The van der Waals surface area contributed by atoms with E-state index in [2.05, 4.69) is 15.6 Å². The van der Waals surface area contributed by atoms with E-state index in [1.165, 1.54) is 17.0 Å². The van der Waals surface area contributed by atoms with Gasteiger partial charge in [-0.25, -0.2) is 9.37 Å². The van der Waals surface area contributed by atoms with E-state index in [-0.39, 0.29) is 36.6 Å². The van der Waals surface area contributed by atoms with Crippen molar-refractivity contribution in [2.75, 3.05) is 10.2 Å². The van der Waals surface area contributed by atoms with Crippen LogP contribution >= 0.6 is 0 Å². The number of aryl methyl sites for hydroxylation is 2. The summed E-state index contributed by atoms with van der Waals surface area (Å²) in [7, 11) is 0. The summed E-state index contributed by atoms with van der Waals surface area (Å²) in [5.74, 6) is -0.803. The molecule has 1 aromatic heterocycles. The quantitative estimate of drug-likeness (QED) is 0.348. The van der Waals surface area contributed by atoms with Gasteiger partial charge in [-0.05, 0) is 86.2 Å². The average Bonchev–Trinajstić information content (AvgIpc) is 3.43. The fourth-order valence-corrected chi connectivity index (χ4v) is 4.89. The topological polar surface area (TPSA) is 91.4 Å². The van der Waals surface area contributed by atoms with Crippen LogP contribution in [0.4, 0.5) is 15.9 Å². The van der Waals surface area contributed by atoms with Gasteiger partial charge in [-0.3, -0.25) is 19.3 Å². The van der Waals surface area contributed by atoms with Crippen LogP contribution in [0.1, 0.15) is 67.7 Å². The molecule has 2 aromatic carbocycles. The number of aromatic nitrogens is 1. The number of amides is 3. The molecule has 0 unspecified atom stereocenters. The Morgan fingerprint density at radius 3 is 2.38 bits per heavy atom. The van der Waals surface area contributed by atoms with Gasteiger partial charge in [0.15, 0.2) is 0 Å². The van der Waals surface area contributed by atoms with Crippen LogP contribution in [0, 0.1) is 19.7 Å². The highest BCUT2D eigenvalue weighted by Gasteiger charge is 2.34. The maximum absolute atomic E-state index is 13.8. The lowest BCUT2D eigenvalue weighted by atomic mass is 10.00. The molecular formula is C31H35FN4O3. The lowest BCUT2D eigenvalue weighted by Crippen LogP contribution is -2.46. The van der Waals surface area contributed by atoms with Gasteiger partial charge in [0, 0.05) is 30.8 Å². The highest BCUT2D eigenvalue weighted by molar-refractivity contribution is 6.01. The summed E-state index contributed by atoms with van der Waals surface area (Å²) in [6.07, 6.45) is 5.94. The second kappa shape index (κ2) is 13.1. The third-order valence-electron chi connectivity index (χ3n) is 7.16. The summed E-state index contributed by atoms with van der Waals surface area (Å²) >= 11 is 0. The van der Waals surface area contributed by atoms with Crippen LogP contribution in [0.25, 0.3) is 0 Å². The minimum atomic E-state index is -0.983.